The highest BCUT2D eigenvalue weighted by Crippen LogP contribution is 2.19. The van der Waals surface area contributed by atoms with Crippen LogP contribution in [0.25, 0.3) is 0 Å². The summed E-state index contributed by atoms with van der Waals surface area (Å²) in [6, 6.07) is 6.97. The van der Waals surface area contributed by atoms with Gasteiger partial charge in [0, 0.05) is 5.02 Å². The summed E-state index contributed by atoms with van der Waals surface area (Å²) in [4.78, 5) is 17.1. The standard InChI is InChI=1S/C12H14ClNO3/c1-9(12(15)14-6-3-7-16-14)17-11-5-2-4-10(13)8-11/h2,4-5,8-9H,3,6-7H2,1H3. The molecule has 0 bridgehead atoms. The average molecular weight is 256 g/mol. The van der Waals surface area contributed by atoms with E-state index in [1.807, 2.05) is 0 Å². The van der Waals surface area contributed by atoms with Crippen LogP contribution in [0.5, 0.6) is 5.75 Å². The summed E-state index contributed by atoms with van der Waals surface area (Å²) in [5, 5.41) is 1.94. The van der Waals surface area contributed by atoms with Gasteiger partial charge in [0.2, 0.25) is 0 Å². The summed E-state index contributed by atoms with van der Waals surface area (Å²) in [6.45, 7) is 2.92. The highest BCUT2D eigenvalue weighted by atomic mass is 35.5. The third-order valence-corrected chi connectivity index (χ3v) is 2.69. The Hall–Kier alpha value is -1.26. The van der Waals surface area contributed by atoms with Crippen LogP contribution in [-0.4, -0.2) is 30.2 Å². The molecular weight excluding hydrogens is 242 g/mol. The van der Waals surface area contributed by atoms with Crippen LogP contribution in [0.3, 0.4) is 0 Å². The fourth-order valence-electron chi connectivity index (χ4n) is 1.62. The van der Waals surface area contributed by atoms with E-state index in [1.54, 1.807) is 31.2 Å². The molecule has 1 aliphatic rings. The summed E-state index contributed by atoms with van der Waals surface area (Å²) in [5.74, 6) is 0.417. The first-order valence-corrected chi connectivity index (χ1v) is 5.91. The molecule has 2 rings (SSSR count). The smallest absolute Gasteiger partial charge is 0.286 e. The lowest BCUT2D eigenvalue weighted by molar-refractivity contribution is -0.175. The van der Waals surface area contributed by atoms with Crippen LogP contribution in [0, 0.1) is 0 Å². The minimum absolute atomic E-state index is 0.164. The number of rotatable bonds is 3. The van der Waals surface area contributed by atoms with Gasteiger partial charge in [-0.15, -0.1) is 0 Å². The zero-order valence-electron chi connectivity index (χ0n) is 9.56. The third kappa shape index (κ3) is 3.11. The molecule has 5 heteroatoms. The van der Waals surface area contributed by atoms with Gasteiger partial charge in [-0.25, -0.2) is 5.06 Å². The van der Waals surface area contributed by atoms with Crippen LogP contribution < -0.4 is 4.74 Å². The Morgan fingerprint density at radius 1 is 1.59 bits per heavy atom. The molecule has 1 amide bonds. The van der Waals surface area contributed by atoms with E-state index in [1.165, 1.54) is 5.06 Å². The summed E-state index contributed by atoms with van der Waals surface area (Å²) >= 11 is 5.83. The van der Waals surface area contributed by atoms with E-state index >= 15 is 0 Å². The zero-order chi connectivity index (χ0) is 12.3. The molecule has 4 nitrogen and oxygen atoms in total. The van der Waals surface area contributed by atoms with Crippen LogP contribution in [-0.2, 0) is 9.63 Å². The molecule has 0 aromatic heterocycles. The summed E-state index contributed by atoms with van der Waals surface area (Å²) < 4.78 is 5.51. The topological polar surface area (TPSA) is 38.8 Å². The number of carbonyl (C=O) groups excluding carboxylic acids is 1. The lowest BCUT2D eigenvalue weighted by atomic mass is 10.3. The molecule has 0 radical (unpaired) electrons. The number of hydroxylamine groups is 2. The minimum Gasteiger partial charge on any atom is -0.481 e. The van der Waals surface area contributed by atoms with Crippen molar-refractivity contribution in [1.29, 1.82) is 0 Å². The molecule has 1 aromatic carbocycles. The first-order valence-electron chi connectivity index (χ1n) is 5.53. The first-order chi connectivity index (χ1) is 8.16. The normalized spacial score (nSPS) is 16.9. The van der Waals surface area contributed by atoms with Crippen LogP contribution in [0.4, 0.5) is 0 Å². The number of amides is 1. The molecule has 1 unspecified atom stereocenters. The van der Waals surface area contributed by atoms with Crippen molar-refractivity contribution in [2.75, 3.05) is 13.2 Å². The second-order valence-corrected chi connectivity index (χ2v) is 4.28. The van der Waals surface area contributed by atoms with Crippen molar-refractivity contribution < 1.29 is 14.4 Å². The molecular formula is C12H14ClNO3. The predicted octanol–water partition coefficient (Wildman–Crippen LogP) is 2.27. The molecule has 0 aliphatic carbocycles. The first kappa shape index (κ1) is 12.2. The quantitative estimate of drug-likeness (QED) is 0.832. The summed E-state index contributed by atoms with van der Waals surface area (Å²) in [5.41, 5.74) is 0. The number of benzene rings is 1. The van der Waals surface area contributed by atoms with Gasteiger partial charge in [-0.3, -0.25) is 9.63 Å². The van der Waals surface area contributed by atoms with E-state index in [-0.39, 0.29) is 5.91 Å². The van der Waals surface area contributed by atoms with Crippen LogP contribution in [0.1, 0.15) is 13.3 Å². The second kappa shape index (κ2) is 5.38. The van der Waals surface area contributed by atoms with Gasteiger partial charge in [-0.05, 0) is 31.5 Å². The molecule has 1 aliphatic heterocycles. The van der Waals surface area contributed by atoms with Gasteiger partial charge in [-0.2, -0.15) is 0 Å². The maximum atomic E-state index is 11.9. The lowest BCUT2D eigenvalue weighted by Crippen LogP contribution is -2.37. The lowest BCUT2D eigenvalue weighted by Gasteiger charge is -2.19. The molecule has 17 heavy (non-hydrogen) atoms. The average Bonchev–Trinajstić information content (AvgIpc) is 2.81. The molecule has 1 atom stereocenters. The Morgan fingerprint density at radius 3 is 3.06 bits per heavy atom. The maximum absolute atomic E-state index is 11.9. The zero-order valence-corrected chi connectivity index (χ0v) is 10.3. The monoisotopic (exact) mass is 255 g/mol. The molecule has 1 saturated heterocycles. The van der Waals surface area contributed by atoms with Crippen molar-refractivity contribution in [1.82, 2.24) is 5.06 Å². The van der Waals surface area contributed by atoms with Crippen LogP contribution in [0.15, 0.2) is 24.3 Å². The van der Waals surface area contributed by atoms with Gasteiger partial charge in [0.15, 0.2) is 6.10 Å². The molecule has 0 N–H and O–H groups in total. The number of halogens is 1. The number of ether oxygens (including phenoxy) is 1. The largest absolute Gasteiger partial charge is 0.481 e. The van der Waals surface area contributed by atoms with Gasteiger partial charge in [-0.1, -0.05) is 17.7 Å². The van der Waals surface area contributed by atoms with E-state index in [2.05, 4.69) is 0 Å². The van der Waals surface area contributed by atoms with E-state index < -0.39 is 6.10 Å². The van der Waals surface area contributed by atoms with E-state index in [0.717, 1.165) is 6.42 Å². The highest BCUT2D eigenvalue weighted by molar-refractivity contribution is 6.30. The Balaban J connectivity index is 1.96. The molecule has 92 valence electrons. The summed E-state index contributed by atoms with van der Waals surface area (Å²) in [7, 11) is 0. The molecule has 1 fully saturated rings. The number of nitrogens with zero attached hydrogens (tertiary/aromatic N) is 1. The highest BCUT2D eigenvalue weighted by Gasteiger charge is 2.25. The van der Waals surface area contributed by atoms with Crippen LogP contribution in [0.2, 0.25) is 5.02 Å². The second-order valence-electron chi connectivity index (χ2n) is 3.84. The van der Waals surface area contributed by atoms with Gasteiger partial charge in [0.1, 0.15) is 5.75 Å². The predicted molar refractivity (Wildman–Crippen MR) is 63.8 cm³/mol. The van der Waals surface area contributed by atoms with Gasteiger partial charge in [0.05, 0.1) is 13.2 Å². The van der Waals surface area contributed by atoms with Crippen molar-refractivity contribution in [3.05, 3.63) is 29.3 Å². The molecule has 1 heterocycles. The SMILES string of the molecule is CC(Oc1cccc(Cl)c1)C(=O)N1CCCO1. The van der Waals surface area contributed by atoms with E-state index in [9.17, 15) is 4.79 Å². The van der Waals surface area contributed by atoms with Crippen LogP contribution >= 0.6 is 11.6 Å². The fourth-order valence-corrected chi connectivity index (χ4v) is 1.80. The third-order valence-electron chi connectivity index (χ3n) is 2.46. The Morgan fingerprint density at radius 2 is 2.41 bits per heavy atom. The molecule has 0 spiro atoms. The van der Waals surface area contributed by atoms with Crippen molar-refractivity contribution in [3.63, 3.8) is 0 Å². The van der Waals surface area contributed by atoms with Gasteiger partial charge in [0.25, 0.3) is 5.91 Å². The van der Waals surface area contributed by atoms with Gasteiger partial charge < -0.3 is 4.74 Å². The Kier molecular flexibility index (Phi) is 3.86. The Labute approximate surface area is 105 Å². The van der Waals surface area contributed by atoms with Crippen molar-refractivity contribution in [2.45, 2.75) is 19.4 Å². The van der Waals surface area contributed by atoms with Crippen molar-refractivity contribution in [2.24, 2.45) is 0 Å². The number of carbonyl (C=O) groups is 1. The number of hydrogen-bond donors (Lipinski definition) is 0. The Bertz CT molecular complexity index is 404. The number of hydrogen-bond acceptors (Lipinski definition) is 3. The van der Waals surface area contributed by atoms with Gasteiger partial charge >= 0.3 is 0 Å². The van der Waals surface area contributed by atoms with Crippen molar-refractivity contribution >= 4 is 17.5 Å². The van der Waals surface area contributed by atoms with Crippen molar-refractivity contribution in [3.8, 4) is 5.75 Å². The minimum atomic E-state index is -0.577. The summed E-state index contributed by atoms with van der Waals surface area (Å²) in [6.07, 6.45) is 0.293. The molecule has 1 aromatic rings. The maximum Gasteiger partial charge on any atom is 0.286 e. The van der Waals surface area contributed by atoms with E-state index in [4.69, 9.17) is 21.2 Å². The molecule has 0 saturated carbocycles. The van der Waals surface area contributed by atoms with E-state index in [0.29, 0.717) is 23.9 Å². The fraction of sp³-hybridized carbons (Fsp3) is 0.417.